The summed E-state index contributed by atoms with van der Waals surface area (Å²) < 4.78 is 0. The van der Waals surface area contributed by atoms with Crippen molar-refractivity contribution < 1.29 is 9.90 Å². The van der Waals surface area contributed by atoms with Gasteiger partial charge in [0.25, 0.3) is 5.91 Å². The van der Waals surface area contributed by atoms with Crippen LogP contribution < -0.4 is 5.32 Å². The van der Waals surface area contributed by atoms with Gasteiger partial charge in [0, 0.05) is 16.9 Å². The van der Waals surface area contributed by atoms with Crippen LogP contribution in [0.25, 0.3) is 0 Å². The Balaban J connectivity index is 2.62. The zero-order valence-electron chi connectivity index (χ0n) is 9.40. The van der Waals surface area contributed by atoms with Crippen molar-refractivity contribution in [3.63, 3.8) is 0 Å². The summed E-state index contributed by atoms with van der Waals surface area (Å²) in [4.78, 5) is 11.8. The molecule has 88 valence electrons. The number of phenolic OH excluding ortho intramolecular Hbond substituents is 1. The summed E-state index contributed by atoms with van der Waals surface area (Å²) in [6, 6.07) is 6.34. The second-order valence-electron chi connectivity index (χ2n) is 3.94. The molecule has 0 spiro atoms. The van der Waals surface area contributed by atoms with Crippen LogP contribution in [0.2, 0.25) is 0 Å². The fourth-order valence-electron chi connectivity index (χ4n) is 1.18. The van der Waals surface area contributed by atoms with E-state index in [9.17, 15) is 4.79 Å². The van der Waals surface area contributed by atoms with Crippen molar-refractivity contribution in [2.24, 2.45) is 5.92 Å². The van der Waals surface area contributed by atoms with Crippen LogP contribution in [0.1, 0.15) is 24.2 Å². The quantitative estimate of drug-likeness (QED) is 0.836. The first-order valence-corrected chi connectivity index (χ1v) is 6.32. The minimum Gasteiger partial charge on any atom is -0.508 e. The number of aromatic hydroxyl groups is 1. The molecular weight excluding hydrogens is 270 g/mol. The molecule has 1 aromatic rings. The molecule has 4 heteroatoms. The molecule has 1 amide bonds. The number of halogens is 1. The Labute approximate surface area is 104 Å². The number of nitrogens with one attached hydrogen (secondary N) is 1. The third-order valence-electron chi connectivity index (χ3n) is 2.59. The summed E-state index contributed by atoms with van der Waals surface area (Å²) in [5.41, 5.74) is 0.562. The van der Waals surface area contributed by atoms with Crippen molar-refractivity contribution in [3.05, 3.63) is 29.8 Å². The van der Waals surface area contributed by atoms with Crippen LogP contribution >= 0.6 is 15.9 Å². The van der Waals surface area contributed by atoms with Gasteiger partial charge in [-0.05, 0) is 37.1 Å². The van der Waals surface area contributed by atoms with E-state index in [1.54, 1.807) is 12.1 Å². The summed E-state index contributed by atoms with van der Waals surface area (Å²) in [5.74, 6) is 0.430. The number of alkyl halides is 1. The van der Waals surface area contributed by atoms with E-state index in [1.165, 1.54) is 12.1 Å². The predicted octanol–water partition coefficient (Wildman–Crippen LogP) is 2.54. The van der Waals surface area contributed by atoms with Gasteiger partial charge in [-0.2, -0.15) is 0 Å². The predicted molar refractivity (Wildman–Crippen MR) is 68.0 cm³/mol. The minimum atomic E-state index is -0.111. The van der Waals surface area contributed by atoms with E-state index in [4.69, 9.17) is 5.11 Å². The van der Waals surface area contributed by atoms with Gasteiger partial charge in [-0.3, -0.25) is 4.79 Å². The third kappa shape index (κ3) is 3.52. The van der Waals surface area contributed by atoms with E-state index in [0.29, 0.717) is 11.5 Å². The minimum absolute atomic E-state index is 0.111. The van der Waals surface area contributed by atoms with E-state index < -0.39 is 0 Å². The summed E-state index contributed by atoms with van der Waals surface area (Å²) in [5, 5.41) is 12.9. The Bertz CT molecular complexity index is 351. The van der Waals surface area contributed by atoms with Gasteiger partial charge in [0.05, 0.1) is 0 Å². The maximum absolute atomic E-state index is 11.8. The fourth-order valence-corrected chi connectivity index (χ4v) is 1.74. The van der Waals surface area contributed by atoms with E-state index in [0.717, 1.165) is 5.33 Å². The Kier molecular flexibility index (Phi) is 4.80. The van der Waals surface area contributed by atoms with Gasteiger partial charge >= 0.3 is 0 Å². The molecule has 0 radical (unpaired) electrons. The first-order chi connectivity index (χ1) is 7.54. The Hall–Kier alpha value is -1.03. The number of benzene rings is 1. The molecule has 3 nitrogen and oxygen atoms in total. The first-order valence-electron chi connectivity index (χ1n) is 5.20. The van der Waals surface area contributed by atoms with Crippen LogP contribution in [-0.2, 0) is 0 Å². The summed E-state index contributed by atoms with van der Waals surface area (Å²) in [6.45, 7) is 4.04. The van der Waals surface area contributed by atoms with Gasteiger partial charge in [-0.25, -0.2) is 0 Å². The normalized spacial score (nSPS) is 14.2. The fraction of sp³-hybridized carbons (Fsp3) is 0.417. The standard InChI is InChI=1S/C12H16BrNO2/c1-8(7-13)9(2)14-12(16)10-3-5-11(15)6-4-10/h3-6,8-9,15H,7H2,1-2H3,(H,14,16). The Morgan fingerprint density at radius 3 is 2.44 bits per heavy atom. The van der Waals surface area contributed by atoms with Crippen molar-refractivity contribution in [1.29, 1.82) is 0 Å². The Morgan fingerprint density at radius 2 is 1.94 bits per heavy atom. The van der Waals surface area contributed by atoms with E-state index >= 15 is 0 Å². The molecule has 2 atom stereocenters. The molecular formula is C12H16BrNO2. The average molecular weight is 286 g/mol. The number of phenols is 1. The number of amides is 1. The molecule has 1 aromatic carbocycles. The highest BCUT2D eigenvalue weighted by molar-refractivity contribution is 9.09. The highest BCUT2D eigenvalue weighted by atomic mass is 79.9. The molecule has 0 aliphatic carbocycles. The van der Waals surface area contributed by atoms with Gasteiger partial charge < -0.3 is 10.4 Å². The van der Waals surface area contributed by atoms with E-state index in [-0.39, 0.29) is 17.7 Å². The molecule has 2 unspecified atom stereocenters. The van der Waals surface area contributed by atoms with Crippen molar-refractivity contribution in [2.45, 2.75) is 19.9 Å². The number of rotatable bonds is 4. The maximum Gasteiger partial charge on any atom is 0.251 e. The number of hydrogen-bond acceptors (Lipinski definition) is 2. The molecule has 2 N–H and O–H groups in total. The molecule has 16 heavy (non-hydrogen) atoms. The number of carbonyl (C=O) groups excluding carboxylic acids is 1. The van der Waals surface area contributed by atoms with Crippen LogP contribution in [0.5, 0.6) is 5.75 Å². The van der Waals surface area contributed by atoms with Crippen LogP contribution in [0.3, 0.4) is 0 Å². The maximum atomic E-state index is 11.8. The summed E-state index contributed by atoms with van der Waals surface area (Å²) >= 11 is 3.39. The van der Waals surface area contributed by atoms with Gasteiger partial charge in [-0.1, -0.05) is 22.9 Å². The lowest BCUT2D eigenvalue weighted by molar-refractivity contribution is 0.0931. The Morgan fingerprint density at radius 1 is 1.38 bits per heavy atom. The van der Waals surface area contributed by atoms with Crippen LogP contribution in [0.15, 0.2) is 24.3 Å². The van der Waals surface area contributed by atoms with Gasteiger partial charge in [0.15, 0.2) is 0 Å². The topological polar surface area (TPSA) is 49.3 Å². The molecule has 0 saturated carbocycles. The van der Waals surface area contributed by atoms with Crippen molar-refractivity contribution >= 4 is 21.8 Å². The van der Waals surface area contributed by atoms with Gasteiger partial charge in [0.1, 0.15) is 5.75 Å². The lowest BCUT2D eigenvalue weighted by atomic mass is 10.1. The highest BCUT2D eigenvalue weighted by Gasteiger charge is 2.14. The van der Waals surface area contributed by atoms with Crippen LogP contribution in [-0.4, -0.2) is 22.4 Å². The molecule has 1 rings (SSSR count). The second kappa shape index (κ2) is 5.89. The first kappa shape index (κ1) is 13.0. The van der Waals surface area contributed by atoms with Crippen molar-refractivity contribution in [2.75, 3.05) is 5.33 Å². The molecule has 0 aliphatic rings. The lowest BCUT2D eigenvalue weighted by Crippen LogP contribution is -2.37. The highest BCUT2D eigenvalue weighted by Crippen LogP contribution is 2.11. The zero-order chi connectivity index (χ0) is 12.1. The molecule has 0 aromatic heterocycles. The molecule has 0 aliphatic heterocycles. The number of carbonyl (C=O) groups is 1. The molecule has 0 bridgehead atoms. The van der Waals surface area contributed by atoms with E-state index in [2.05, 4.69) is 28.2 Å². The average Bonchev–Trinajstić information content (AvgIpc) is 2.28. The van der Waals surface area contributed by atoms with Crippen LogP contribution in [0.4, 0.5) is 0 Å². The van der Waals surface area contributed by atoms with Gasteiger partial charge in [0.2, 0.25) is 0 Å². The largest absolute Gasteiger partial charge is 0.508 e. The molecule has 0 heterocycles. The third-order valence-corrected chi connectivity index (χ3v) is 3.61. The summed E-state index contributed by atoms with van der Waals surface area (Å²) in [6.07, 6.45) is 0. The smallest absolute Gasteiger partial charge is 0.251 e. The molecule has 0 saturated heterocycles. The van der Waals surface area contributed by atoms with Gasteiger partial charge in [-0.15, -0.1) is 0 Å². The molecule has 0 fully saturated rings. The van der Waals surface area contributed by atoms with Crippen molar-refractivity contribution in [3.8, 4) is 5.75 Å². The van der Waals surface area contributed by atoms with E-state index in [1.807, 2.05) is 6.92 Å². The van der Waals surface area contributed by atoms with Crippen molar-refractivity contribution in [1.82, 2.24) is 5.32 Å². The number of hydrogen-bond donors (Lipinski definition) is 2. The van der Waals surface area contributed by atoms with Crippen LogP contribution in [0, 0.1) is 5.92 Å². The lowest BCUT2D eigenvalue weighted by Gasteiger charge is -2.19. The zero-order valence-corrected chi connectivity index (χ0v) is 11.0. The second-order valence-corrected chi connectivity index (χ2v) is 4.59. The SMILES string of the molecule is CC(CBr)C(C)NC(=O)c1ccc(O)cc1. The monoisotopic (exact) mass is 285 g/mol. The summed E-state index contributed by atoms with van der Waals surface area (Å²) in [7, 11) is 0.